The molecule has 4 heterocycles. The molecule has 0 bridgehead atoms. The number of halogens is 1. The molecule has 320 valence electrons. The van der Waals surface area contributed by atoms with Gasteiger partial charge in [-0.2, -0.15) is 0 Å². The lowest BCUT2D eigenvalue weighted by atomic mass is 9.87. The second-order valence-electron chi connectivity index (χ2n) is 18.7. The number of Topliss-reactive ketones (excluding diaryl/α,β-unsaturated/α-hetero) is 2. The molecule has 0 radical (unpaired) electrons. The number of hydrogen-bond donors (Lipinski definition) is 0. The molecule has 12 heteroatoms. The maximum Gasteiger partial charge on any atom is 0.306 e. The van der Waals surface area contributed by atoms with E-state index in [1.54, 1.807) is 11.8 Å². The van der Waals surface area contributed by atoms with Crippen molar-refractivity contribution < 1.29 is 38.1 Å². The van der Waals surface area contributed by atoms with Crippen molar-refractivity contribution in [3.05, 3.63) is 34.5 Å². The van der Waals surface area contributed by atoms with Crippen molar-refractivity contribution in [3.8, 4) is 11.5 Å². The third kappa shape index (κ3) is 9.83. The van der Waals surface area contributed by atoms with Crippen LogP contribution in [0.4, 0.5) is 0 Å². The molecule has 1 unspecified atom stereocenters. The van der Waals surface area contributed by atoms with Gasteiger partial charge in [-0.25, -0.2) is 4.98 Å². The Bertz CT molecular complexity index is 1930. The summed E-state index contributed by atoms with van der Waals surface area (Å²) in [4.78, 5) is 64.8. The number of benzene rings is 1. The number of aromatic nitrogens is 1. The molecule has 8 rings (SSSR count). The van der Waals surface area contributed by atoms with Crippen LogP contribution in [0, 0.1) is 29.1 Å². The van der Waals surface area contributed by atoms with E-state index >= 15 is 0 Å². The fourth-order valence-electron chi connectivity index (χ4n) is 10.5. The largest absolute Gasteiger partial charge is 0.491 e. The number of allylic oxidation sites excluding steroid dienone is 1. The Balaban J connectivity index is 1.05. The number of rotatable bonds is 11. The van der Waals surface area contributed by atoms with Crippen molar-refractivity contribution in [2.24, 2.45) is 29.1 Å². The zero-order chi connectivity index (χ0) is 41.3. The van der Waals surface area contributed by atoms with Crippen LogP contribution >= 0.6 is 11.6 Å². The fourth-order valence-corrected chi connectivity index (χ4v) is 10.8. The van der Waals surface area contributed by atoms with Gasteiger partial charge in [0.2, 0.25) is 5.91 Å². The molecule has 3 aliphatic heterocycles. The van der Waals surface area contributed by atoms with Crippen LogP contribution in [0.2, 0.25) is 5.02 Å². The number of carbonyl (C=O) groups is 4. The van der Waals surface area contributed by atoms with E-state index in [2.05, 4.69) is 4.90 Å². The molecule has 0 N–H and O–H groups in total. The van der Waals surface area contributed by atoms with Crippen LogP contribution in [0.15, 0.2) is 23.8 Å². The normalized spacial score (nSPS) is 31.3. The number of carbonyl (C=O) groups excluding carboxylic acids is 4. The Labute approximate surface area is 353 Å². The summed E-state index contributed by atoms with van der Waals surface area (Å²) in [6, 6.07) is 4.87. The zero-order valence-electron chi connectivity index (χ0n) is 35.2. The van der Waals surface area contributed by atoms with Crippen LogP contribution in [-0.4, -0.2) is 102 Å². The molecule has 6 aliphatic rings. The standard InChI is InChI=1S/C47H62ClN3O8/c1-29(2)19-35-24-42(38-11-12-41(44(48)45(38)49-35)57-18-15-50-13-16-56-17-14-50)58-37-25-39-40(53)27-47(30(3)52)26-34(47)10-8-6-4-5-7-9-31(46(55)51(39)28-37)23-43(54)59-36-21-32-20-33(32)22-36/h11-12,19,24,31-34,36-37,39H,4-10,13-18,20-23,25-28H2,1-3H3/t31-,32-,33+,34-,36?,37-,39+,47+/m1/s1. The van der Waals surface area contributed by atoms with E-state index in [0.29, 0.717) is 71.2 Å². The number of ketones is 2. The number of morpholine rings is 1. The lowest BCUT2D eigenvalue weighted by Gasteiger charge is -2.29. The van der Waals surface area contributed by atoms with E-state index in [1.807, 2.05) is 38.1 Å². The highest BCUT2D eigenvalue weighted by molar-refractivity contribution is 6.36. The van der Waals surface area contributed by atoms with Crippen LogP contribution < -0.4 is 9.47 Å². The highest BCUT2D eigenvalue weighted by Crippen LogP contribution is 2.59. The molecule has 8 atom stereocenters. The van der Waals surface area contributed by atoms with Gasteiger partial charge in [0.15, 0.2) is 5.78 Å². The summed E-state index contributed by atoms with van der Waals surface area (Å²) in [6.45, 7) is 10.2. The van der Waals surface area contributed by atoms with E-state index < -0.39 is 23.5 Å². The molecular formula is C47H62ClN3O8. The fraction of sp³-hybridized carbons (Fsp3) is 0.681. The van der Waals surface area contributed by atoms with Gasteiger partial charge < -0.3 is 23.8 Å². The summed E-state index contributed by atoms with van der Waals surface area (Å²) in [5.74, 6) is 1.48. The lowest BCUT2D eigenvalue weighted by Crippen LogP contribution is -2.45. The molecule has 1 aromatic carbocycles. The van der Waals surface area contributed by atoms with Crippen molar-refractivity contribution in [1.82, 2.24) is 14.8 Å². The van der Waals surface area contributed by atoms with Crippen LogP contribution in [0.25, 0.3) is 17.0 Å². The topological polar surface area (TPSA) is 125 Å². The first-order chi connectivity index (χ1) is 28.5. The van der Waals surface area contributed by atoms with Gasteiger partial charge >= 0.3 is 5.97 Å². The van der Waals surface area contributed by atoms with Crippen molar-refractivity contribution in [2.45, 2.75) is 129 Å². The van der Waals surface area contributed by atoms with E-state index in [9.17, 15) is 19.2 Å². The number of pyridine rings is 1. The predicted molar refractivity (Wildman–Crippen MR) is 225 cm³/mol. The van der Waals surface area contributed by atoms with Crippen LogP contribution in [-0.2, 0) is 28.7 Å². The monoisotopic (exact) mass is 831 g/mol. The molecular weight excluding hydrogens is 770 g/mol. The number of hydrogen-bond acceptors (Lipinski definition) is 10. The second kappa shape index (κ2) is 18.2. The highest BCUT2D eigenvalue weighted by atomic mass is 35.5. The number of esters is 1. The van der Waals surface area contributed by atoms with Gasteiger partial charge in [-0.1, -0.05) is 49.3 Å². The smallest absolute Gasteiger partial charge is 0.306 e. The van der Waals surface area contributed by atoms with Crippen molar-refractivity contribution in [3.63, 3.8) is 0 Å². The van der Waals surface area contributed by atoms with E-state index in [1.165, 1.54) is 6.42 Å². The Morgan fingerprint density at radius 1 is 0.949 bits per heavy atom. The summed E-state index contributed by atoms with van der Waals surface area (Å²) in [6.07, 6.45) is 12.0. The number of fused-ring (bicyclic) bond motifs is 4. The molecule has 0 spiro atoms. The Kier molecular flexibility index (Phi) is 13.0. The van der Waals surface area contributed by atoms with Gasteiger partial charge in [-0.05, 0) is 95.3 Å². The van der Waals surface area contributed by atoms with Crippen LogP contribution in [0.1, 0.15) is 116 Å². The van der Waals surface area contributed by atoms with Crippen molar-refractivity contribution in [1.29, 1.82) is 0 Å². The van der Waals surface area contributed by atoms with Gasteiger partial charge in [-0.15, -0.1) is 0 Å². The molecule has 11 nitrogen and oxygen atoms in total. The molecule has 3 saturated carbocycles. The molecule has 1 amide bonds. The summed E-state index contributed by atoms with van der Waals surface area (Å²) in [5, 5.41) is 1.09. The molecule has 3 aliphatic carbocycles. The SMILES string of the molecule is CC(=O)[C@]12CC(=O)[C@@H]3C[C@@H](Oc4cc(C=C(C)C)nc5c(Cl)c(OCCN6CCOCC6)ccc45)CN3C(=O)[C@@H](CC(=O)OC3C[C@@H]4C[C@@H]4C3)CCCCCCC[C@@H]1C2. The predicted octanol–water partition coefficient (Wildman–Crippen LogP) is 8.02. The summed E-state index contributed by atoms with van der Waals surface area (Å²) in [7, 11) is 0. The Morgan fingerprint density at radius 2 is 1.69 bits per heavy atom. The summed E-state index contributed by atoms with van der Waals surface area (Å²) >= 11 is 7.04. The first kappa shape index (κ1) is 42.2. The number of amides is 1. The summed E-state index contributed by atoms with van der Waals surface area (Å²) in [5.41, 5.74) is 1.60. The van der Waals surface area contributed by atoms with Crippen molar-refractivity contribution >= 4 is 52.0 Å². The van der Waals surface area contributed by atoms with E-state index in [-0.39, 0.29) is 61.3 Å². The summed E-state index contributed by atoms with van der Waals surface area (Å²) < 4.78 is 24.5. The number of ether oxygens (including phenoxy) is 4. The average molecular weight is 832 g/mol. The van der Waals surface area contributed by atoms with Gasteiger partial charge in [0, 0.05) is 55.3 Å². The Hall–Kier alpha value is -3.54. The van der Waals surface area contributed by atoms with E-state index in [0.717, 1.165) is 83.0 Å². The maximum atomic E-state index is 14.8. The van der Waals surface area contributed by atoms with Crippen LogP contribution in [0.3, 0.4) is 0 Å². The maximum absolute atomic E-state index is 14.8. The highest BCUT2D eigenvalue weighted by Gasteiger charge is 2.59. The van der Waals surface area contributed by atoms with Crippen molar-refractivity contribution in [2.75, 3.05) is 46.0 Å². The van der Waals surface area contributed by atoms with Crippen LogP contribution in [0.5, 0.6) is 11.5 Å². The second-order valence-corrected chi connectivity index (χ2v) is 19.0. The minimum Gasteiger partial charge on any atom is -0.491 e. The van der Waals surface area contributed by atoms with Gasteiger partial charge in [-0.3, -0.25) is 24.1 Å². The van der Waals surface area contributed by atoms with Gasteiger partial charge in [0.05, 0.1) is 43.4 Å². The third-order valence-corrected chi connectivity index (χ3v) is 14.4. The minimum atomic E-state index is -0.768. The minimum absolute atomic E-state index is 0.00344. The first-order valence-electron chi connectivity index (χ1n) is 22.4. The zero-order valence-corrected chi connectivity index (χ0v) is 35.9. The third-order valence-electron chi connectivity index (χ3n) is 14.1. The van der Waals surface area contributed by atoms with Gasteiger partial charge in [0.25, 0.3) is 0 Å². The molecule has 3 saturated heterocycles. The first-order valence-corrected chi connectivity index (χ1v) is 22.8. The molecule has 59 heavy (non-hydrogen) atoms. The van der Waals surface area contributed by atoms with Gasteiger partial charge in [0.1, 0.15) is 41.1 Å². The van der Waals surface area contributed by atoms with E-state index in [4.69, 9.17) is 35.5 Å². The number of nitrogens with zero attached hydrogens (tertiary/aromatic N) is 3. The average Bonchev–Trinajstić information content (AvgIpc) is 4.00. The molecule has 6 fully saturated rings. The quantitative estimate of drug-likeness (QED) is 0.206. The Morgan fingerprint density at radius 3 is 2.44 bits per heavy atom. The molecule has 1 aromatic heterocycles. The lowest BCUT2D eigenvalue weighted by molar-refractivity contribution is -0.154. The molecule has 2 aromatic rings.